The number of aryl methyl sites for hydroxylation is 3. The van der Waals surface area contributed by atoms with Gasteiger partial charge in [-0.05, 0) is 45.9 Å². The maximum atomic E-state index is 12.5. The van der Waals surface area contributed by atoms with Gasteiger partial charge in [0, 0.05) is 11.1 Å². The highest BCUT2D eigenvalue weighted by molar-refractivity contribution is 5.94. The van der Waals surface area contributed by atoms with Crippen molar-refractivity contribution in [2.75, 3.05) is 7.11 Å². The molecule has 1 unspecified atom stereocenters. The molecule has 3 nitrogen and oxygen atoms in total. The van der Waals surface area contributed by atoms with E-state index in [1.165, 1.54) is 0 Å². The maximum absolute atomic E-state index is 12.5. The van der Waals surface area contributed by atoms with Crippen LogP contribution in [0, 0.1) is 20.8 Å². The second kappa shape index (κ2) is 6.65. The van der Waals surface area contributed by atoms with Crippen molar-refractivity contribution >= 4 is 5.91 Å². The molecule has 0 bridgehead atoms. The first-order chi connectivity index (χ1) is 10.4. The molecule has 1 amide bonds. The van der Waals surface area contributed by atoms with Crippen LogP contribution in [0.2, 0.25) is 0 Å². The Hall–Kier alpha value is -2.29. The summed E-state index contributed by atoms with van der Waals surface area (Å²) >= 11 is 0. The van der Waals surface area contributed by atoms with Crippen LogP contribution >= 0.6 is 0 Å². The molecule has 0 aliphatic carbocycles. The van der Waals surface area contributed by atoms with E-state index in [0.717, 1.165) is 28.0 Å². The first-order valence-electron chi connectivity index (χ1n) is 7.44. The Bertz CT molecular complexity index is 672. The van der Waals surface area contributed by atoms with Crippen molar-refractivity contribution in [1.82, 2.24) is 5.32 Å². The summed E-state index contributed by atoms with van der Waals surface area (Å²) in [5, 5.41) is 3.05. The van der Waals surface area contributed by atoms with E-state index in [1.54, 1.807) is 7.11 Å². The van der Waals surface area contributed by atoms with Crippen molar-refractivity contribution in [1.29, 1.82) is 0 Å². The van der Waals surface area contributed by atoms with Crippen LogP contribution in [0.1, 0.15) is 45.6 Å². The minimum atomic E-state index is -0.122. The molecule has 3 heteroatoms. The lowest BCUT2D eigenvalue weighted by Gasteiger charge is -2.18. The summed E-state index contributed by atoms with van der Waals surface area (Å²) in [6, 6.07) is 11.7. The van der Waals surface area contributed by atoms with Gasteiger partial charge in [-0.25, -0.2) is 0 Å². The Morgan fingerprint density at radius 2 is 1.64 bits per heavy atom. The quantitative estimate of drug-likeness (QED) is 0.922. The van der Waals surface area contributed by atoms with Crippen molar-refractivity contribution < 1.29 is 9.53 Å². The molecule has 0 spiro atoms. The first kappa shape index (κ1) is 16.1. The zero-order valence-corrected chi connectivity index (χ0v) is 13.9. The highest BCUT2D eigenvalue weighted by Gasteiger charge is 2.15. The van der Waals surface area contributed by atoms with Crippen LogP contribution in [0.4, 0.5) is 0 Å². The number of carbonyl (C=O) groups excluding carboxylic acids is 1. The first-order valence-corrected chi connectivity index (χ1v) is 7.44. The fourth-order valence-corrected chi connectivity index (χ4v) is 2.66. The number of ether oxygens (including phenoxy) is 1. The monoisotopic (exact) mass is 297 g/mol. The third-order valence-electron chi connectivity index (χ3n) is 3.68. The summed E-state index contributed by atoms with van der Waals surface area (Å²) in [5.74, 6) is 0.724. The molecular weight excluding hydrogens is 274 g/mol. The minimum Gasteiger partial charge on any atom is -0.496 e. The molecule has 0 radical (unpaired) electrons. The van der Waals surface area contributed by atoms with Crippen LogP contribution < -0.4 is 10.1 Å². The Labute approximate surface area is 132 Å². The molecule has 0 saturated heterocycles. The fraction of sp³-hybridized carbons (Fsp3) is 0.316. The van der Waals surface area contributed by atoms with E-state index in [-0.39, 0.29) is 11.9 Å². The largest absolute Gasteiger partial charge is 0.496 e. The van der Waals surface area contributed by atoms with E-state index in [4.69, 9.17) is 4.74 Å². The van der Waals surface area contributed by atoms with E-state index in [1.807, 2.05) is 58.0 Å². The smallest absolute Gasteiger partial charge is 0.251 e. The fourth-order valence-electron chi connectivity index (χ4n) is 2.66. The van der Waals surface area contributed by atoms with Gasteiger partial charge in [-0.2, -0.15) is 0 Å². The molecule has 2 aromatic carbocycles. The second-order valence-corrected chi connectivity index (χ2v) is 5.82. The number of rotatable bonds is 4. The average molecular weight is 297 g/mol. The molecule has 2 aromatic rings. The molecule has 0 aliphatic heterocycles. The minimum absolute atomic E-state index is 0.0668. The van der Waals surface area contributed by atoms with E-state index >= 15 is 0 Å². The van der Waals surface area contributed by atoms with Gasteiger partial charge >= 0.3 is 0 Å². The van der Waals surface area contributed by atoms with Gasteiger partial charge in [0.15, 0.2) is 0 Å². The van der Waals surface area contributed by atoms with E-state index in [2.05, 4.69) is 11.4 Å². The zero-order valence-electron chi connectivity index (χ0n) is 13.9. The number of carbonyl (C=O) groups is 1. The Morgan fingerprint density at radius 1 is 1.00 bits per heavy atom. The maximum Gasteiger partial charge on any atom is 0.251 e. The molecule has 0 heterocycles. The summed E-state index contributed by atoms with van der Waals surface area (Å²) in [6.45, 7) is 7.99. The number of methoxy groups -OCH3 is 1. The second-order valence-electron chi connectivity index (χ2n) is 5.82. The lowest BCUT2D eigenvalue weighted by atomic mass is 10.0. The summed E-state index contributed by atoms with van der Waals surface area (Å²) in [4.78, 5) is 12.5. The van der Waals surface area contributed by atoms with Crippen molar-refractivity contribution in [3.63, 3.8) is 0 Å². The lowest BCUT2D eigenvalue weighted by Crippen LogP contribution is -2.27. The lowest BCUT2D eigenvalue weighted by molar-refractivity contribution is 0.0939. The molecule has 0 aliphatic rings. The van der Waals surface area contributed by atoms with Crippen LogP contribution in [0.3, 0.4) is 0 Å². The molecule has 1 N–H and O–H groups in total. The van der Waals surface area contributed by atoms with Crippen molar-refractivity contribution in [2.45, 2.75) is 33.7 Å². The van der Waals surface area contributed by atoms with Crippen molar-refractivity contribution in [3.8, 4) is 5.75 Å². The Balaban J connectivity index is 2.23. The number of amides is 1. The summed E-state index contributed by atoms with van der Waals surface area (Å²) in [5.41, 5.74) is 5.00. The van der Waals surface area contributed by atoms with E-state index < -0.39 is 0 Å². The Kier molecular flexibility index (Phi) is 4.86. The average Bonchev–Trinajstić information content (AvgIpc) is 2.46. The molecular formula is C19H23NO2. The van der Waals surface area contributed by atoms with Gasteiger partial charge in [0.25, 0.3) is 5.91 Å². The van der Waals surface area contributed by atoms with Crippen LogP contribution in [-0.2, 0) is 0 Å². The number of benzene rings is 2. The normalized spacial score (nSPS) is 11.9. The topological polar surface area (TPSA) is 38.3 Å². The predicted octanol–water partition coefficient (Wildman–Crippen LogP) is 4.11. The number of nitrogens with one attached hydrogen (secondary N) is 1. The van der Waals surface area contributed by atoms with Crippen LogP contribution in [0.5, 0.6) is 5.75 Å². The van der Waals surface area contributed by atoms with Gasteiger partial charge < -0.3 is 10.1 Å². The molecule has 0 aromatic heterocycles. The van der Waals surface area contributed by atoms with Crippen LogP contribution in [0.25, 0.3) is 0 Å². The van der Waals surface area contributed by atoms with Gasteiger partial charge in [-0.15, -0.1) is 0 Å². The highest BCUT2D eigenvalue weighted by Crippen LogP contribution is 2.26. The van der Waals surface area contributed by atoms with Crippen molar-refractivity contribution in [2.24, 2.45) is 0 Å². The van der Waals surface area contributed by atoms with Gasteiger partial charge in [0.2, 0.25) is 0 Å². The van der Waals surface area contributed by atoms with Gasteiger partial charge in [0.1, 0.15) is 5.75 Å². The third kappa shape index (κ3) is 3.67. The molecule has 2 rings (SSSR count). The van der Waals surface area contributed by atoms with Gasteiger partial charge in [-0.3, -0.25) is 4.79 Å². The molecule has 0 saturated carbocycles. The SMILES string of the molecule is COc1ccc(C)cc1C(C)NC(=O)c1cc(C)cc(C)c1. The number of hydrogen-bond acceptors (Lipinski definition) is 2. The molecule has 1 atom stereocenters. The summed E-state index contributed by atoms with van der Waals surface area (Å²) in [6.07, 6.45) is 0. The van der Waals surface area contributed by atoms with Crippen LogP contribution in [-0.4, -0.2) is 13.0 Å². The van der Waals surface area contributed by atoms with Crippen LogP contribution in [0.15, 0.2) is 36.4 Å². The third-order valence-corrected chi connectivity index (χ3v) is 3.68. The standard InChI is InChI=1S/C19H23NO2/c1-12-6-7-18(22-5)17(11-12)15(4)20-19(21)16-9-13(2)8-14(3)10-16/h6-11,15H,1-5H3,(H,20,21). The summed E-state index contributed by atoms with van der Waals surface area (Å²) in [7, 11) is 1.65. The predicted molar refractivity (Wildman–Crippen MR) is 89.5 cm³/mol. The molecule has 116 valence electrons. The molecule has 0 fully saturated rings. The zero-order chi connectivity index (χ0) is 16.3. The van der Waals surface area contributed by atoms with Gasteiger partial charge in [-0.1, -0.05) is 34.9 Å². The van der Waals surface area contributed by atoms with E-state index in [9.17, 15) is 4.79 Å². The number of hydrogen-bond donors (Lipinski definition) is 1. The van der Waals surface area contributed by atoms with Crippen molar-refractivity contribution in [3.05, 3.63) is 64.2 Å². The Morgan fingerprint density at radius 3 is 2.23 bits per heavy atom. The van der Waals surface area contributed by atoms with E-state index in [0.29, 0.717) is 5.56 Å². The molecule has 22 heavy (non-hydrogen) atoms. The highest BCUT2D eigenvalue weighted by atomic mass is 16.5. The summed E-state index contributed by atoms with van der Waals surface area (Å²) < 4.78 is 5.40. The van der Waals surface area contributed by atoms with Gasteiger partial charge in [0.05, 0.1) is 13.2 Å².